The first kappa shape index (κ1) is 8.19. The van der Waals surface area contributed by atoms with Crippen molar-refractivity contribution in [2.24, 2.45) is 0 Å². The molecule has 0 amide bonds. The fourth-order valence-corrected chi connectivity index (χ4v) is 1.23. The lowest BCUT2D eigenvalue weighted by Crippen LogP contribution is -1.94. The van der Waals surface area contributed by atoms with E-state index in [0.717, 1.165) is 0 Å². The molecule has 2 heterocycles. The molecule has 2 aromatic rings. The van der Waals surface area contributed by atoms with Crippen molar-refractivity contribution in [3.8, 4) is 0 Å². The van der Waals surface area contributed by atoms with Crippen LogP contribution >= 0.6 is 11.6 Å². The predicted molar refractivity (Wildman–Crippen MR) is 48.0 cm³/mol. The Morgan fingerprint density at radius 3 is 3.08 bits per heavy atom. The molecule has 0 radical (unpaired) electrons. The minimum absolute atomic E-state index is 0.0650. The number of aromatic nitrogens is 3. The third-order valence-electron chi connectivity index (χ3n) is 1.71. The number of carbonyl (C=O) groups excluding carboxylic acids is 1. The monoisotopic (exact) mass is 195 g/mol. The van der Waals surface area contributed by atoms with Crippen LogP contribution < -0.4 is 0 Å². The van der Waals surface area contributed by atoms with Gasteiger partial charge < -0.3 is 0 Å². The van der Waals surface area contributed by atoms with Crippen LogP contribution in [-0.4, -0.2) is 20.4 Å². The van der Waals surface area contributed by atoms with Crippen LogP contribution in [-0.2, 0) is 0 Å². The van der Waals surface area contributed by atoms with Crippen LogP contribution in [0.1, 0.15) is 17.3 Å². The molecule has 4 nitrogen and oxygen atoms in total. The number of ketones is 1. The van der Waals surface area contributed by atoms with E-state index in [2.05, 4.69) is 10.1 Å². The molecule has 2 rings (SSSR count). The van der Waals surface area contributed by atoms with Gasteiger partial charge in [-0.3, -0.25) is 4.79 Å². The summed E-state index contributed by atoms with van der Waals surface area (Å²) in [4.78, 5) is 15.1. The summed E-state index contributed by atoms with van der Waals surface area (Å²) in [7, 11) is 0. The highest BCUT2D eigenvalue weighted by atomic mass is 35.5. The van der Waals surface area contributed by atoms with Crippen molar-refractivity contribution in [2.45, 2.75) is 6.92 Å². The molecule has 0 atom stereocenters. The van der Waals surface area contributed by atoms with Gasteiger partial charge in [-0.05, 0) is 13.0 Å². The maximum atomic E-state index is 11.1. The Kier molecular flexibility index (Phi) is 1.77. The van der Waals surface area contributed by atoms with Crippen LogP contribution in [0.15, 0.2) is 18.5 Å². The molecule has 0 aliphatic heterocycles. The molecule has 0 fully saturated rings. The van der Waals surface area contributed by atoms with Gasteiger partial charge in [0.2, 0.25) is 0 Å². The fourth-order valence-electron chi connectivity index (χ4n) is 1.10. The number of halogens is 1. The summed E-state index contributed by atoms with van der Waals surface area (Å²) >= 11 is 5.69. The van der Waals surface area contributed by atoms with Gasteiger partial charge in [-0.25, -0.2) is 9.50 Å². The fraction of sp³-hybridized carbons (Fsp3) is 0.125. The van der Waals surface area contributed by atoms with Crippen LogP contribution in [0.25, 0.3) is 5.65 Å². The Morgan fingerprint density at radius 1 is 1.62 bits per heavy atom. The first-order valence-electron chi connectivity index (χ1n) is 3.69. The van der Waals surface area contributed by atoms with Crippen LogP contribution in [0.2, 0.25) is 5.15 Å². The molecule has 13 heavy (non-hydrogen) atoms. The lowest BCUT2D eigenvalue weighted by atomic mass is 10.2. The molecule has 0 aromatic carbocycles. The number of hydrogen-bond donors (Lipinski definition) is 0. The van der Waals surface area contributed by atoms with Gasteiger partial charge in [-0.15, -0.1) is 0 Å². The highest BCUT2D eigenvalue weighted by molar-refractivity contribution is 6.29. The summed E-state index contributed by atoms with van der Waals surface area (Å²) in [5.41, 5.74) is 0.988. The maximum Gasteiger partial charge on any atom is 0.167 e. The van der Waals surface area contributed by atoms with Gasteiger partial charge in [0.05, 0.1) is 11.8 Å². The van der Waals surface area contributed by atoms with E-state index in [1.807, 2.05) is 0 Å². The number of carbonyl (C=O) groups is 1. The molecule has 0 aliphatic carbocycles. The third-order valence-corrected chi connectivity index (χ3v) is 1.92. The Bertz CT molecular complexity index is 477. The van der Waals surface area contributed by atoms with E-state index in [9.17, 15) is 4.79 Å². The van der Waals surface area contributed by atoms with Gasteiger partial charge in [0.1, 0.15) is 5.15 Å². The first-order chi connectivity index (χ1) is 6.18. The smallest absolute Gasteiger partial charge is 0.167 e. The molecule has 0 aliphatic rings. The molecular weight excluding hydrogens is 190 g/mol. The first-order valence-corrected chi connectivity index (χ1v) is 4.07. The molecule has 0 N–H and O–H groups in total. The van der Waals surface area contributed by atoms with Crippen LogP contribution in [0.3, 0.4) is 0 Å². The topological polar surface area (TPSA) is 47.3 Å². The van der Waals surface area contributed by atoms with Crippen LogP contribution in [0.5, 0.6) is 0 Å². The highest BCUT2D eigenvalue weighted by Crippen LogP contribution is 2.11. The lowest BCUT2D eigenvalue weighted by Gasteiger charge is -1.93. The van der Waals surface area contributed by atoms with Gasteiger partial charge in [-0.2, -0.15) is 5.10 Å². The van der Waals surface area contributed by atoms with Gasteiger partial charge in [-0.1, -0.05) is 11.6 Å². The number of fused-ring (bicyclic) bond motifs is 1. The highest BCUT2D eigenvalue weighted by Gasteiger charge is 2.09. The molecule has 0 bridgehead atoms. The molecule has 0 saturated carbocycles. The summed E-state index contributed by atoms with van der Waals surface area (Å²) < 4.78 is 1.52. The molecule has 0 unspecified atom stereocenters. The van der Waals surface area contributed by atoms with Crippen molar-refractivity contribution in [1.82, 2.24) is 14.6 Å². The zero-order valence-electron chi connectivity index (χ0n) is 6.86. The van der Waals surface area contributed by atoms with Gasteiger partial charge >= 0.3 is 0 Å². The molecule has 66 valence electrons. The summed E-state index contributed by atoms with van der Waals surface area (Å²) in [5.74, 6) is -0.0650. The second kappa shape index (κ2) is 2.81. The van der Waals surface area contributed by atoms with Crippen LogP contribution in [0.4, 0.5) is 0 Å². The lowest BCUT2D eigenvalue weighted by molar-refractivity contribution is 0.101. The van der Waals surface area contributed by atoms with Crippen molar-refractivity contribution < 1.29 is 4.79 Å². The normalized spacial score (nSPS) is 10.6. The van der Waals surface area contributed by atoms with Crippen molar-refractivity contribution in [2.75, 3.05) is 0 Å². The van der Waals surface area contributed by atoms with E-state index < -0.39 is 0 Å². The number of rotatable bonds is 1. The second-order valence-corrected chi connectivity index (χ2v) is 3.02. The minimum Gasteiger partial charge on any atom is -0.294 e. The maximum absolute atomic E-state index is 11.1. The quantitative estimate of drug-likeness (QED) is 0.513. The van der Waals surface area contributed by atoms with Crippen LogP contribution in [0, 0.1) is 0 Å². The standard InChI is InChI=1S/C8H6ClN3O/c1-5(13)6-4-10-12-3-2-7(9)11-8(6)12/h2-4H,1H3. The Balaban J connectivity index is 2.79. The molecule has 5 heteroatoms. The van der Waals surface area contributed by atoms with E-state index >= 15 is 0 Å². The molecule has 2 aromatic heterocycles. The Labute approximate surface area is 79.2 Å². The molecular formula is C8H6ClN3O. The Hall–Kier alpha value is -1.42. The molecule has 0 saturated heterocycles. The summed E-state index contributed by atoms with van der Waals surface area (Å²) in [6.45, 7) is 1.47. The average Bonchev–Trinajstić information content (AvgIpc) is 2.46. The predicted octanol–water partition coefficient (Wildman–Crippen LogP) is 1.59. The largest absolute Gasteiger partial charge is 0.294 e. The number of hydrogen-bond acceptors (Lipinski definition) is 3. The SMILES string of the molecule is CC(=O)c1cnn2ccc(Cl)nc12. The summed E-state index contributed by atoms with van der Waals surface area (Å²) in [6.07, 6.45) is 3.15. The van der Waals surface area contributed by atoms with Crippen molar-refractivity contribution in [3.05, 3.63) is 29.2 Å². The van der Waals surface area contributed by atoms with Gasteiger partial charge in [0.25, 0.3) is 0 Å². The van der Waals surface area contributed by atoms with Crippen molar-refractivity contribution in [3.63, 3.8) is 0 Å². The zero-order chi connectivity index (χ0) is 9.42. The minimum atomic E-state index is -0.0650. The van der Waals surface area contributed by atoms with Gasteiger partial charge in [0, 0.05) is 6.20 Å². The van der Waals surface area contributed by atoms with Crippen molar-refractivity contribution >= 4 is 23.0 Å². The Morgan fingerprint density at radius 2 is 2.38 bits per heavy atom. The van der Waals surface area contributed by atoms with E-state index in [0.29, 0.717) is 16.4 Å². The zero-order valence-corrected chi connectivity index (χ0v) is 7.62. The second-order valence-electron chi connectivity index (χ2n) is 2.63. The summed E-state index contributed by atoms with van der Waals surface area (Å²) in [6, 6.07) is 1.62. The average molecular weight is 196 g/mol. The summed E-state index contributed by atoms with van der Waals surface area (Å²) in [5, 5.41) is 4.31. The van der Waals surface area contributed by atoms with Crippen molar-refractivity contribution in [1.29, 1.82) is 0 Å². The van der Waals surface area contributed by atoms with E-state index in [-0.39, 0.29) is 5.78 Å². The van der Waals surface area contributed by atoms with Gasteiger partial charge in [0.15, 0.2) is 11.4 Å². The van der Waals surface area contributed by atoms with E-state index in [1.54, 1.807) is 12.3 Å². The van der Waals surface area contributed by atoms with E-state index in [4.69, 9.17) is 11.6 Å². The van der Waals surface area contributed by atoms with E-state index in [1.165, 1.54) is 17.6 Å². The number of Topliss-reactive ketones (excluding diaryl/α,β-unsaturated/α-hetero) is 1. The molecule has 0 spiro atoms. The third kappa shape index (κ3) is 1.29. The number of nitrogens with zero attached hydrogens (tertiary/aromatic N) is 3.